The summed E-state index contributed by atoms with van der Waals surface area (Å²) in [6.07, 6.45) is 0. The van der Waals surface area contributed by atoms with Gasteiger partial charge in [0, 0.05) is 24.5 Å². The fourth-order valence-electron chi connectivity index (χ4n) is 4.64. The van der Waals surface area contributed by atoms with Crippen molar-refractivity contribution < 1.29 is 34.8 Å². The molecular formula is C36H34N4O8S2. The van der Waals surface area contributed by atoms with Gasteiger partial charge in [-0.15, -0.1) is 0 Å². The van der Waals surface area contributed by atoms with E-state index in [1.807, 2.05) is 18.2 Å². The van der Waals surface area contributed by atoms with Gasteiger partial charge < -0.3 is 29.6 Å². The first-order valence-electron chi connectivity index (χ1n) is 15.2. The molecule has 0 aromatic heterocycles. The number of benzene rings is 5. The molecule has 50 heavy (non-hydrogen) atoms. The molecule has 0 aliphatic rings. The first-order valence-corrected chi connectivity index (χ1v) is 18.1. The van der Waals surface area contributed by atoms with E-state index in [2.05, 4.69) is 21.3 Å². The Hall–Kier alpha value is -5.86. The number of hydrogen-bond donors (Lipinski definition) is 4. The highest BCUT2D eigenvalue weighted by atomic mass is 32.2. The van der Waals surface area contributed by atoms with Crippen molar-refractivity contribution in [2.24, 2.45) is 0 Å². The Labute approximate surface area is 290 Å². The molecule has 0 unspecified atom stereocenters. The average Bonchev–Trinajstić information content (AvgIpc) is 3.08. The van der Waals surface area contributed by atoms with E-state index in [0.29, 0.717) is 11.4 Å². The third-order valence-electron chi connectivity index (χ3n) is 7.09. The van der Waals surface area contributed by atoms with E-state index in [1.54, 1.807) is 44.2 Å². The zero-order valence-corrected chi connectivity index (χ0v) is 28.7. The number of anilines is 2. The number of urea groups is 2. The lowest BCUT2D eigenvalue weighted by atomic mass is 10.1. The van der Waals surface area contributed by atoms with Crippen LogP contribution in [0, 0.1) is 13.8 Å². The maximum absolute atomic E-state index is 12.6. The summed E-state index contributed by atoms with van der Waals surface area (Å²) in [5, 5.41) is 10.9. The number of hydrogen-bond acceptors (Lipinski definition) is 8. The van der Waals surface area contributed by atoms with Gasteiger partial charge >= 0.3 is 32.3 Å². The minimum Gasteiger partial charge on any atom is -0.379 e. The Balaban J connectivity index is 1.05. The van der Waals surface area contributed by atoms with Crippen LogP contribution in [-0.4, -0.2) is 28.9 Å². The molecule has 0 heterocycles. The van der Waals surface area contributed by atoms with Crippen LogP contribution >= 0.6 is 0 Å². The van der Waals surface area contributed by atoms with E-state index < -0.39 is 32.3 Å². The van der Waals surface area contributed by atoms with Crippen molar-refractivity contribution in [3.8, 4) is 11.5 Å². The number of nitrogens with one attached hydrogen (secondary N) is 4. The van der Waals surface area contributed by atoms with Crippen molar-refractivity contribution in [2.75, 3.05) is 10.6 Å². The van der Waals surface area contributed by atoms with Crippen LogP contribution in [0.2, 0.25) is 0 Å². The molecule has 5 aromatic carbocycles. The van der Waals surface area contributed by atoms with Gasteiger partial charge in [0.1, 0.15) is 21.3 Å². The lowest BCUT2D eigenvalue weighted by Gasteiger charge is -2.11. The molecule has 0 spiro atoms. The SMILES string of the molecule is Cc1cccc(S(=O)(=O)Oc2ccc(NC(=O)NCc3cccc(CNC(=O)Nc4ccc(OS(=O)(=O)c5cccc(C)c5)cc4)c3)cc2)c1. The molecule has 0 aliphatic heterocycles. The van der Waals surface area contributed by atoms with E-state index in [-0.39, 0.29) is 34.4 Å². The Morgan fingerprint density at radius 3 is 1.28 bits per heavy atom. The summed E-state index contributed by atoms with van der Waals surface area (Å²) >= 11 is 0. The van der Waals surface area contributed by atoms with Crippen molar-refractivity contribution >= 4 is 43.7 Å². The quantitative estimate of drug-likeness (QED) is 0.106. The zero-order valence-electron chi connectivity index (χ0n) is 27.0. The first-order chi connectivity index (χ1) is 23.8. The second kappa shape index (κ2) is 15.6. The summed E-state index contributed by atoms with van der Waals surface area (Å²) in [6, 6.07) is 31.0. The van der Waals surface area contributed by atoms with Crippen LogP contribution < -0.4 is 29.6 Å². The highest BCUT2D eigenvalue weighted by Gasteiger charge is 2.18. The van der Waals surface area contributed by atoms with E-state index >= 15 is 0 Å². The molecule has 0 fully saturated rings. The topological polar surface area (TPSA) is 169 Å². The average molecular weight is 715 g/mol. The number of rotatable bonds is 12. The van der Waals surface area contributed by atoms with Crippen LogP contribution in [0.3, 0.4) is 0 Å². The summed E-state index contributed by atoms with van der Waals surface area (Å²) in [7, 11) is -8.00. The molecule has 12 nitrogen and oxygen atoms in total. The van der Waals surface area contributed by atoms with Gasteiger partial charge in [0.2, 0.25) is 0 Å². The predicted molar refractivity (Wildman–Crippen MR) is 189 cm³/mol. The molecule has 4 N–H and O–H groups in total. The molecule has 0 radical (unpaired) electrons. The standard InChI is InChI=1S/C36H34N4O8S2/c1-25-6-3-10-33(20-25)49(43,44)47-31-16-12-29(13-17-31)39-35(41)37-23-27-8-5-9-28(22-27)24-38-36(42)40-30-14-18-32(19-15-30)48-50(45,46)34-11-4-7-26(2)21-34/h3-22H,23-24H2,1-2H3,(H2,37,39,41)(H2,38,40,42). The number of carbonyl (C=O) groups is 2. The molecular weight excluding hydrogens is 681 g/mol. The van der Waals surface area contributed by atoms with Gasteiger partial charge in [0.25, 0.3) is 0 Å². The van der Waals surface area contributed by atoms with Crippen molar-refractivity contribution in [2.45, 2.75) is 36.7 Å². The summed E-state index contributed by atoms with van der Waals surface area (Å²) in [6.45, 7) is 3.98. The second-order valence-corrected chi connectivity index (χ2v) is 14.3. The van der Waals surface area contributed by atoms with Crippen LogP contribution in [-0.2, 0) is 33.3 Å². The monoisotopic (exact) mass is 714 g/mol. The lowest BCUT2D eigenvalue weighted by molar-refractivity contribution is 0.251. The van der Waals surface area contributed by atoms with Gasteiger partial charge in [-0.1, -0.05) is 48.5 Å². The highest BCUT2D eigenvalue weighted by Crippen LogP contribution is 2.23. The van der Waals surface area contributed by atoms with Gasteiger partial charge in [-0.05, 0) is 109 Å². The van der Waals surface area contributed by atoms with Crippen molar-refractivity contribution in [3.05, 3.63) is 144 Å². The fraction of sp³-hybridized carbons (Fsp3) is 0.111. The van der Waals surface area contributed by atoms with Crippen LogP contribution in [0.4, 0.5) is 21.0 Å². The predicted octanol–water partition coefficient (Wildman–Crippen LogP) is 6.48. The minimum absolute atomic E-state index is 0.0480. The summed E-state index contributed by atoms with van der Waals surface area (Å²) in [5.74, 6) is 0.206. The van der Waals surface area contributed by atoms with E-state index in [1.165, 1.54) is 72.8 Å². The van der Waals surface area contributed by atoms with E-state index in [9.17, 15) is 26.4 Å². The molecule has 0 atom stereocenters. The smallest absolute Gasteiger partial charge is 0.339 e. The van der Waals surface area contributed by atoms with Crippen LogP contribution in [0.5, 0.6) is 11.5 Å². The number of amides is 4. The maximum Gasteiger partial charge on any atom is 0.339 e. The molecule has 0 saturated heterocycles. The Kier molecular flexibility index (Phi) is 11.0. The van der Waals surface area contributed by atoms with Gasteiger partial charge in [0.15, 0.2) is 0 Å². The number of carbonyl (C=O) groups excluding carboxylic acids is 2. The molecule has 0 saturated carbocycles. The summed E-state index contributed by atoms with van der Waals surface area (Å²) in [5.41, 5.74) is 4.02. The normalized spacial score (nSPS) is 11.2. The third kappa shape index (κ3) is 10.1. The van der Waals surface area contributed by atoms with Gasteiger partial charge in [-0.25, -0.2) is 9.59 Å². The summed E-state index contributed by atoms with van der Waals surface area (Å²) < 4.78 is 60.6. The molecule has 5 aromatic rings. The van der Waals surface area contributed by atoms with Crippen molar-refractivity contribution in [1.82, 2.24) is 10.6 Å². The third-order valence-corrected chi connectivity index (χ3v) is 9.58. The summed E-state index contributed by atoms with van der Waals surface area (Å²) in [4.78, 5) is 25.1. The van der Waals surface area contributed by atoms with Crippen LogP contribution in [0.25, 0.3) is 0 Å². The molecule has 14 heteroatoms. The largest absolute Gasteiger partial charge is 0.379 e. The van der Waals surface area contributed by atoms with Crippen LogP contribution in [0.15, 0.2) is 131 Å². The van der Waals surface area contributed by atoms with Crippen molar-refractivity contribution in [1.29, 1.82) is 0 Å². The Morgan fingerprint density at radius 2 is 0.900 bits per heavy atom. The number of aryl methyl sites for hydroxylation is 2. The van der Waals surface area contributed by atoms with E-state index in [4.69, 9.17) is 8.37 Å². The second-order valence-electron chi connectivity index (χ2n) is 11.2. The van der Waals surface area contributed by atoms with Gasteiger partial charge in [-0.3, -0.25) is 0 Å². The zero-order chi connectivity index (χ0) is 35.7. The van der Waals surface area contributed by atoms with Crippen LogP contribution in [0.1, 0.15) is 22.3 Å². The van der Waals surface area contributed by atoms with Gasteiger partial charge in [-0.2, -0.15) is 16.8 Å². The molecule has 258 valence electrons. The molecule has 5 rings (SSSR count). The molecule has 4 amide bonds. The first kappa shape index (κ1) is 35.4. The molecule has 0 bridgehead atoms. The van der Waals surface area contributed by atoms with Gasteiger partial charge in [0.05, 0.1) is 0 Å². The Morgan fingerprint density at radius 1 is 0.520 bits per heavy atom. The highest BCUT2D eigenvalue weighted by molar-refractivity contribution is 7.87. The Bertz CT molecular complexity index is 2050. The molecule has 0 aliphatic carbocycles. The van der Waals surface area contributed by atoms with Crippen molar-refractivity contribution in [3.63, 3.8) is 0 Å². The van der Waals surface area contributed by atoms with E-state index in [0.717, 1.165) is 22.3 Å². The fourth-order valence-corrected chi connectivity index (χ4v) is 6.72. The maximum atomic E-state index is 12.6. The minimum atomic E-state index is -4.00. The lowest BCUT2D eigenvalue weighted by Crippen LogP contribution is -2.29.